The van der Waals surface area contributed by atoms with E-state index >= 15 is 0 Å². The summed E-state index contributed by atoms with van der Waals surface area (Å²) in [5.74, 6) is 2.56. The molecule has 0 radical (unpaired) electrons. The standard InChI is InChI=1S/C13H16N2O4/c1-3-4-9-5-11(19-10(9)7-16)15-6-8(2)12(17)14-13(15)18/h1,6,9-11,16H,4-5,7H2,2H3,(H,14,17,18)/t9-,10+,11+/m0/s1. The van der Waals surface area contributed by atoms with Crippen molar-refractivity contribution in [2.75, 3.05) is 6.61 Å². The number of hydrogen-bond donors (Lipinski definition) is 2. The molecule has 0 unspecified atom stereocenters. The maximum Gasteiger partial charge on any atom is 0.330 e. The third-order valence-electron chi connectivity index (χ3n) is 3.38. The van der Waals surface area contributed by atoms with Gasteiger partial charge in [0, 0.05) is 24.1 Å². The van der Waals surface area contributed by atoms with E-state index in [0.29, 0.717) is 18.4 Å². The maximum atomic E-state index is 11.8. The average Bonchev–Trinajstić information content (AvgIpc) is 2.77. The zero-order valence-electron chi connectivity index (χ0n) is 10.6. The molecule has 1 aromatic heterocycles. The summed E-state index contributed by atoms with van der Waals surface area (Å²) in [5, 5.41) is 9.26. The fraction of sp³-hybridized carbons (Fsp3) is 0.538. The Labute approximate surface area is 110 Å². The lowest BCUT2D eigenvalue weighted by Crippen LogP contribution is -2.33. The van der Waals surface area contributed by atoms with E-state index in [1.165, 1.54) is 10.8 Å². The lowest BCUT2D eigenvalue weighted by atomic mass is 9.98. The van der Waals surface area contributed by atoms with Crippen LogP contribution in [0.15, 0.2) is 15.8 Å². The molecule has 0 saturated carbocycles. The molecule has 2 heterocycles. The molecule has 0 spiro atoms. The average molecular weight is 264 g/mol. The molecule has 6 heteroatoms. The number of hydrogen-bond acceptors (Lipinski definition) is 4. The first-order valence-electron chi connectivity index (χ1n) is 6.08. The van der Waals surface area contributed by atoms with E-state index < -0.39 is 17.5 Å². The molecule has 0 aliphatic carbocycles. The van der Waals surface area contributed by atoms with Crippen molar-refractivity contribution in [3.63, 3.8) is 0 Å². The number of nitrogens with one attached hydrogen (secondary N) is 1. The van der Waals surface area contributed by atoms with Crippen LogP contribution in [-0.4, -0.2) is 27.4 Å². The van der Waals surface area contributed by atoms with Crippen molar-refractivity contribution in [1.82, 2.24) is 9.55 Å². The number of aliphatic hydroxyl groups excluding tert-OH is 1. The van der Waals surface area contributed by atoms with Crippen LogP contribution in [0.1, 0.15) is 24.6 Å². The summed E-state index contributed by atoms with van der Waals surface area (Å²) in [6, 6.07) is 0. The lowest BCUT2D eigenvalue weighted by molar-refractivity contribution is -0.0323. The number of aromatic amines is 1. The largest absolute Gasteiger partial charge is 0.394 e. The van der Waals surface area contributed by atoms with Gasteiger partial charge in [-0.15, -0.1) is 12.3 Å². The Kier molecular flexibility index (Phi) is 3.88. The van der Waals surface area contributed by atoms with Gasteiger partial charge in [-0.05, 0) is 13.3 Å². The summed E-state index contributed by atoms with van der Waals surface area (Å²) in [6.45, 7) is 1.48. The zero-order chi connectivity index (χ0) is 14.0. The first-order chi connectivity index (χ1) is 9.06. The van der Waals surface area contributed by atoms with Gasteiger partial charge in [0.15, 0.2) is 0 Å². The summed E-state index contributed by atoms with van der Waals surface area (Å²) in [4.78, 5) is 25.3. The minimum atomic E-state index is -0.515. The molecular formula is C13H16N2O4. The predicted octanol–water partition coefficient (Wildman–Crippen LogP) is -0.236. The minimum absolute atomic E-state index is 0.0131. The zero-order valence-corrected chi connectivity index (χ0v) is 10.6. The van der Waals surface area contributed by atoms with Crippen molar-refractivity contribution >= 4 is 0 Å². The van der Waals surface area contributed by atoms with Gasteiger partial charge < -0.3 is 9.84 Å². The first-order valence-corrected chi connectivity index (χ1v) is 6.08. The second kappa shape index (κ2) is 5.43. The predicted molar refractivity (Wildman–Crippen MR) is 68.6 cm³/mol. The Morgan fingerprint density at radius 1 is 1.63 bits per heavy atom. The normalized spacial score (nSPS) is 26.3. The van der Waals surface area contributed by atoms with Gasteiger partial charge >= 0.3 is 5.69 Å². The molecule has 3 atom stereocenters. The molecule has 2 N–H and O–H groups in total. The van der Waals surface area contributed by atoms with E-state index in [1.54, 1.807) is 6.92 Å². The highest BCUT2D eigenvalue weighted by Crippen LogP contribution is 2.34. The van der Waals surface area contributed by atoms with Gasteiger partial charge in [0.25, 0.3) is 5.56 Å². The SMILES string of the molecule is C#CC[C@H]1C[C@H](n2cc(C)c(=O)[nH]c2=O)O[C@@H]1CO. The molecule has 6 nitrogen and oxygen atoms in total. The molecular weight excluding hydrogens is 248 g/mol. The van der Waals surface area contributed by atoms with Crippen molar-refractivity contribution < 1.29 is 9.84 Å². The Bertz CT molecular complexity index is 610. The van der Waals surface area contributed by atoms with Gasteiger partial charge in [0.2, 0.25) is 0 Å². The van der Waals surface area contributed by atoms with Crippen LogP contribution in [0.25, 0.3) is 0 Å². The van der Waals surface area contributed by atoms with E-state index in [0.717, 1.165) is 0 Å². The van der Waals surface area contributed by atoms with Gasteiger partial charge in [-0.2, -0.15) is 0 Å². The third kappa shape index (κ3) is 2.62. The third-order valence-corrected chi connectivity index (χ3v) is 3.38. The molecule has 19 heavy (non-hydrogen) atoms. The Morgan fingerprint density at radius 3 is 3.00 bits per heavy atom. The molecule has 0 amide bonds. The van der Waals surface area contributed by atoms with Gasteiger partial charge in [-0.3, -0.25) is 14.3 Å². The summed E-state index contributed by atoms with van der Waals surface area (Å²) < 4.78 is 6.98. The molecule has 102 valence electrons. The van der Waals surface area contributed by atoms with Crippen molar-refractivity contribution in [1.29, 1.82) is 0 Å². The number of ether oxygens (including phenoxy) is 1. The van der Waals surface area contributed by atoms with Gasteiger partial charge in [-0.25, -0.2) is 4.79 Å². The van der Waals surface area contributed by atoms with Crippen LogP contribution >= 0.6 is 0 Å². The van der Waals surface area contributed by atoms with Crippen LogP contribution in [0.4, 0.5) is 0 Å². The van der Waals surface area contributed by atoms with E-state index in [1.807, 2.05) is 0 Å². The van der Waals surface area contributed by atoms with Gasteiger partial charge in [0.1, 0.15) is 6.23 Å². The molecule has 0 aromatic carbocycles. The Morgan fingerprint density at radius 2 is 2.37 bits per heavy atom. The quantitative estimate of drug-likeness (QED) is 0.738. The second-order valence-electron chi connectivity index (χ2n) is 4.69. The Balaban J connectivity index is 2.30. The van der Waals surface area contributed by atoms with E-state index in [2.05, 4.69) is 10.9 Å². The van der Waals surface area contributed by atoms with Crippen molar-refractivity contribution in [2.24, 2.45) is 5.92 Å². The second-order valence-corrected chi connectivity index (χ2v) is 4.69. The lowest BCUT2D eigenvalue weighted by Gasteiger charge is -2.15. The first kappa shape index (κ1) is 13.6. The highest BCUT2D eigenvalue weighted by Gasteiger charge is 2.35. The molecule has 1 aromatic rings. The fourth-order valence-corrected chi connectivity index (χ4v) is 2.32. The van der Waals surface area contributed by atoms with Crippen LogP contribution in [0, 0.1) is 25.2 Å². The molecule has 0 bridgehead atoms. The molecule has 1 saturated heterocycles. The van der Waals surface area contributed by atoms with Crippen molar-refractivity contribution in [3.05, 3.63) is 32.6 Å². The van der Waals surface area contributed by atoms with Crippen LogP contribution in [0.3, 0.4) is 0 Å². The van der Waals surface area contributed by atoms with Crippen LogP contribution < -0.4 is 11.2 Å². The van der Waals surface area contributed by atoms with Gasteiger partial charge in [-0.1, -0.05) is 0 Å². The summed E-state index contributed by atoms with van der Waals surface area (Å²) >= 11 is 0. The van der Waals surface area contributed by atoms with Crippen molar-refractivity contribution in [2.45, 2.75) is 32.1 Å². The number of rotatable bonds is 3. The number of aliphatic hydroxyl groups is 1. The summed E-state index contributed by atoms with van der Waals surface area (Å²) in [7, 11) is 0. The summed E-state index contributed by atoms with van der Waals surface area (Å²) in [6.07, 6.45) is 6.90. The monoisotopic (exact) mass is 264 g/mol. The number of terminal acetylenes is 1. The molecule has 1 aliphatic heterocycles. The minimum Gasteiger partial charge on any atom is -0.394 e. The topological polar surface area (TPSA) is 84.3 Å². The van der Waals surface area contributed by atoms with Crippen LogP contribution in [0.5, 0.6) is 0 Å². The highest BCUT2D eigenvalue weighted by molar-refractivity contribution is 5.02. The van der Waals surface area contributed by atoms with Crippen molar-refractivity contribution in [3.8, 4) is 12.3 Å². The highest BCUT2D eigenvalue weighted by atomic mass is 16.5. The maximum absolute atomic E-state index is 11.8. The van der Waals surface area contributed by atoms with E-state index in [4.69, 9.17) is 11.2 Å². The number of H-pyrrole nitrogens is 1. The number of aryl methyl sites for hydroxylation is 1. The molecule has 2 rings (SSSR count). The smallest absolute Gasteiger partial charge is 0.330 e. The fourth-order valence-electron chi connectivity index (χ4n) is 2.32. The van der Waals surface area contributed by atoms with E-state index in [-0.39, 0.29) is 18.6 Å². The van der Waals surface area contributed by atoms with Crippen LogP contribution in [0.2, 0.25) is 0 Å². The number of aromatic nitrogens is 2. The molecule has 1 fully saturated rings. The van der Waals surface area contributed by atoms with Gasteiger partial charge in [0.05, 0.1) is 12.7 Å². The van der Waals surface area contributed by atoms with E-state index in [9.17, 15) is 14.7 Å². The summed E-state index contributed by atoms with van der Waals surface area (Å²) in [5.41, 5.74) is -0.485. The molecule has 1 aliphatic rings. The van der Waals surface area contributed by atoms with Crippen LogP contribution in [-0.2, 0) is 4.74 Å². The number of nitrogens with zero attached hydrogens (tertiary/aromatic N) is 1. The Hall–Kier alpha value is -1.84.